The summed E-state index contributed by atoms with van der Waals surface area (Å²) in [7, 11) is 0. The molecule has 0 unspecified atom stereocenters. The number of nitrogens with zero attached hydrogens (tertiary/aromatic N) is 2. The van der Waals surface area contributed by atoms with Crippen molar-refractivity contribution >= 4 is 46.1 Å². The fourth-order valence-corrected chi connectivity index (χ4v) is 2.65. The molecule has 6 nitrogen and oxygen atoms in total. The minimum Gasteiger partial charge on any atom is -0.481 e. The molecule has 1 aromatic carbocycles. The normalized spacial score (nSPS) is 20.7. The number of aliphatic carboxylic acids is 1. The Morgan fingerprint density at radius 3 is 2.71 bits per heavy atom. The lowest BCUT2D eigenvalue weighted by Crippen LogP contribution is -2.26. The lowest BCUT2D eigenvalue weighted by Gasteiger charge is -1.99. The monoisotopic (exact) mass is 325 g/mol. The molecule has 1 aliphatic heterocycles. The maximum Gasteiger partial charge on any atom is 0.305 e. The zero-order valence-electron chi connectivity index (χ0n) is 11.0. The van der Waals surface area contributed by atoms with Crippen molar-refractivity contribution in [2.75, 3.05) is 0 Å². The number of amides is 1. The van der Waals surface area contributed by atoms with Crippen LogP contribution < -0.4 is 5.32 Å². The van der Waals surface area contributed by atoms with Crippen molar-refractivity contribution in [1.82, 2.24) is 5.32 Å². The van der Waals surface area contributed by atoms with E-state index < -0.39 is 11.2 Å². The van der Waals surface area contributed by atoms with Crippen LogP contribution in [0.1, 0.15) is 18.9 Å². The molecule has 1 heterocycles. The summed E-state index contributed by atoms with van der Waals surface area (Å²) in [6.45, 7) is 1.78. The summed E-state index contributed by atoms with van der Waals surface area (Å²) in [4.78, 5) is 22.1. The second-order valence-corrected chi connectivity index (χ2v) is 5.92. The first-order valence-corrected chi connectivity index (χ1v) is 7.29. The minimum atomic E-state index is -1.02. The molecule has 1 aromatic rings. The molecule has 1 fully saturated rings. The average molecular weight is 326 g/mol. The number of nitrogens with one attached hydrogen (secondary N) is 1. The van der Waals surface area contributed by atoms with Gasteiger partial charge in [-0.25, -0.2) is 0 Å². The van der Waals surface area contributed by atoms with E-state index in [1.54, 1.807) is 19.1 Å². The summed E-state index contributed by atoms with van der Waals surface area (Å²) in [6, 6.07) is 7.12. The van der Waals surface area contributed by atoms with Crippen molar-refractivity contribution in [2.24, 2.45) is 10.2 Å². The van der Waals surface area contributed by atoms with Gasteiger partial charge in [0.15, 0.2) is 5.17 Å². The molecule has 0 bridgehead atoms. The number of hydrogen-bond acceptors (Lipinski definition) is 5. The molecule has 1 saturated heterocycles. The smallest absolute Gasteiger partial charge is 0.305 e. The van der Waals surface area contributed by atoms with Gasteiger partial charge in [0.1, 0.15) is 5.25 Å². The molecular formula is C13H12ClN3O3S. The molecule has 110 valence electrons. The van der Waals surface area contributed by atoms with E-state index in [4.69, 9.17) is 16.7 Å². The predicted molar refractivity (Wildman–Crippen MR) is 82.9 cm³/mol. The Hall–Kier alpha value is -1.86. The van der Waals surface area contributed by atoms with Crippen molar-refractivity contribution in [3.8, 4) is 0 Å². The molecule has 2 N–H and O–H groups in total. The first-order valence-electron chi connectivity index (χ1n) is 6.03. The van der Waals surface area contributed by atoms with Crippen LogP contribution in [0.2, 0.25) is 5.02 Å². The SMILES string of the molecule is C/C(=N/N=C1/NC(=O)[C@@H](CC(=O)O)S1)c1ccc(Cl)cc1. The molecule has 1 amide bonds. The molecule has 0 saturated carbocycles. The summed E-state index contributed by atoms with van der Waals surface area (Å²) < 4.78 is 0. The Labute approximate surface area is 130 Å². The number of benzene rings is 1. The van der Waals surface area contributed by atoms with Crippen molar-refractivity contribution in [3.05, 3.63) is 34.9 Å². The number of thioether (sulfide) groups is 1. The van der Waals surface area contributed by atoms with E-state index in [1.165, 1.54) is 0 Å². The van der Waals surface area contributed by atoms with E-state index in [0.29, 0.717) is 15.9 Å². The maximum atomic E-state index is 11.5. The number of carboxylic acid groups (broad SMARTS) is 1. The minimum absolute atomic E-state index is 0.241. The largest absolute Gasteiger partial charge is 0.481 e. The van der Waals surface area contributed by atoms with Gasteiger partial charge >= 0.3 is 5.97 Å². The summed E-state index contributed by atoms with van der Waals surface area (Å²) in [5.41, 5.74) is 1.52. The van der Waals surface area contributed by atoms with Crippen LogP contribution in [0.15, 0.2) is 34.5 Å². The molecule has 0 aromatic heterocycles. The molecule has 0 radical (unpaired) electrons. The third-order valence-corrected chi connectivity index (χ3v) is 4.01. The number of carbonyl (C=O) groups excluding carboxylic acids is 1. The third-order valence-electron chi connectivity index (χ3n) is 2.69. The summed E-state index contributed by atoms with van der Waals surface area (Å²) >= 11 is 6.87. The lowest BCUT2D eigenvalue weighted by atomic mass is 10.1. The van der Waals surface area contributed by atoms with Crippen LogP contribution in [0.25, 0.3) is 0 Å². The van der Waals surface area contributed by atoms with Crippen LogP contribution in [-0.2, 0) is 9.59 Å². The van der Waals surface area contributed by atoms with Gasteiger partial charge in [0, 0.05) is 5.02 Å². The molecular weight excluding hydrogens is 314 g/mol. The lowest BCUT2D eigenvalue weighted by molar-refractivity contribution is -0.138. The molecule has 0 spiro atoms. The van der Waals surface area contributed by atoms with Gasteiger partial charge in [0.2, 0.25) is 5.91 Å². The van der Waals surface area contributed by atoms with E-state index in [2.05, 4.69) is 15.5 Å². The van der Waals surface area contributed by atoms with E-state index in [9.17, 15) is 9.59 Å². The first-order chi connectivity index (χ1) is 9.95. The number of amidine groups is 1. The number of hydrogen-bond donors (Lipinski definition) is 2. The van der Waals surface area contributed by atoms with Crippen LogP contribution in [0.3, 0.4) is 0 Å². The maximum absolute atomic E-state index is 11.5. The third kappa shape index (κ3) is 4.30. The van der Waals surface area contributed by atoms with Gasteiger partial charge in [-0.15, -0.1) is 5.10 Å². The van der Waals surface area contributed by atoms with E-state index in [-0.39, 0.29) is 12.3 Å². The van der Waals surface area contributed by atoms with Crippen LogP contribution in [0.5, 0.6) is 0 Å². The van der Waals surface area contributed by atoms with Crippen molar-refractivity contribution in [2.45, 2.75) is 18.6 Å². The first kappa shape index (κ1) is 15.5. The number of halogens is 1. The Balaban J connectivity index is 2.07. The van der Waals surface area contributed by atoms with E-state index >= 15 is 0 Å². The summed E-state index contributed by atoms with van der Waals surface area (Å²) in [5.74, 6) is -1.38. The molecule has 0 aliphatic carbocycles. The molecule has 8 heteroatoms. The fraction of sp³-hybridized carbons (Fsp3) is 0.231. The molecule has 1 atom stereocenters. The highest BCUT2D eigenvalue weighted by Crippen LogP contribution is 2.22. The van der Waals surface area contributed by atoms with Crippen molar-refractivity contribution < 1.29 is 14.7 Å². The van der Waals surface area contributed by atoms with Crippen LogP contribution in [-0.4, -0.2) is 33.1 Å². The Morgan fingerprint density at radius 2 is 2.10 bits per heavy atom. The number of carbonyl (C=O) groups is 2. The topological polar surface area (TPSA) is 91.1 Å². The highest BCUT2D eigenvalue weighted by molar-refractivity contribution is 8.15. The van der Waals surface area contributed by atoms with Gasteiger partial charge < -0.3 is 10.4 Å². The van der Waals surface area contributed by atoms with Gasteiger partial charge in [-0.3, -0.25) is 9.59 Å². The van der Waals surface area contributed by atoms with Gasteiger partial charge in [-0.1, -0.05) is 35.5 Å². The molecule has 1 aliphatic rings. The van der Waals surface area contributed by atoms with E-state index in [0.717, 1.165) is 17.3 Å². The Morgan fingerprint density at radius 1 is 1.43 bits per heavy atom. The van der Waals surface area contributed by atoms with Crippen LogP contribution in [0.4, 0.5) is 0 Å². The highest BCUT2D eigenvalue weighted by Gasteiger charge is 2.32. The standard InChI is InChI=1S/C13H12ClN3O3S/c1-7(8-2-4-9(14)5-3-8)16-17-13-15-12(20)10(21-13)6-11(18)19/h2-5,10H,6H2,1H3,(H,18,19)(H,15,17,20)/b16-7-/t10-/m1/s1. The quantitative estimate of drug-likeness (QED) is 0.655. The second kappa shape index (κ2) is 6.73. The van der Waals surface area contributed by atoms with E-state index in [1.807, 2.05) is 12.1 Å². The Bertz CT molecular complexity index is 628. The molecule has 21 heavy (non-hydrogen) atoms. The second-order valence-electron chi connectivity index (χ2n) is 4.29. The molecule has 2 rings (SSSR count). The fourth-order valence-electron chi connectivity index (χ4n) is 1.61. The summed E-state index contributed by atoms with van der Waals surface area (Å²) in [6.07, 6.45) is -0.241. The average Bonchev–Trinajstić information content (AvgIpc) is 2.77. The van der Waals surface area contributed by atoms with Gasteiger partial charge in [-0.05, 0) is 24.6 Å². The Kier molecular flexibility index (Phi) is 4.98. The van der Waals surface area contributed by atoms with Crippen LogP contribution >= 0.6 is 23.4 Å². The van der Waals surface area contributed by atoms with Crippen molar-refractivity contribution in [3.63, 3.8) is 0 Å². The predicted octanol–water partition coefficient (Wildman–Crippen LogP) is 2.13. The van der Waals surface area contributed by atoms with Gasteiger partial charge in [0.05, 0.1) is 12.1 Å². The van der Waals surface area contributed by atoms with Gasteiger partial charge in [0.25, 0.3) is 0 Å². The highest BCUT2D eigenvalue weighted by atomic mass is 35.5. The zero-order chi connectivity index (χ0) is 15.4. The number of rotatable bonds is 4. The number of carboxylic acids is 1. The van der Waals surface area contributed by atoms with Gasteiger partial charge in [-0.2, -0.15) is 5.10 Å². The zero-order valence-corrected chi connectivity index (χ0v) is 12.6. The van der Waals surface area contributed by atoms with Crippen molar-refractivity contribution in [1.29, 1.82) is 0 Å². The van der Waals surface area contributed by atoms with Crippen LogP contribution in [0, 0.1) is 0 Å². The summed E-state index contributed by atoms with van der Waals surface area (Å²) in [5, 5.41) is 19.5.